The van der Waals surface area contributed by atoms with Crippen molar-refractivity contribution in [3.8, 4) is 0 Å². The second kappa shape index (κ2) is 7.27. The molecule has 0 heterocycles. The number of alkyl halides is 1. The molecule has 1 atom stereocenters. The molecular formula is C9H15ClO2S. The van der Waals surface area contributed by atoms with Crippen molar-refractivity contribution in [3.63, 3.8) is 0 Å². The molecule has 0 N–H and O–H groups in total. The first-order chi connectivity index (χ1) is 6.07. The Balaban J connectivity index is 3.55. The molecule has 0 aliphatic heterocycles. The highest BCUT2D eigenvalue weighted by molar-refractivity contribution is 8.01. The van der Waals surface area contributed by atoms with Gasteiger partial charge in [0.1, 0.15) is 0 Å². The van der Waals surface area contributed by atoms with Gasteiger partial charge in [0, 0.05) is 0 Å². The van der Waals surface area contributed by atoms with E-state index in [1.54, 1.807) is 6.92 Å². The molecule has 1 unspecified atom stereocenters. The lowest BCUT2D eigenvalue weighted by Crippen LogP contribution is -2.14. The molecule has 13 heavy (non-hydrogen) atoms. The first kappa shape index (κ1) is 12.8. The molecule has 0 aromatic carbocycles. The second-order valence-electron chi connectivity index (χ2n) is 2.65. The summed E-state index contributed by atoms with van der Waals surface area (Å²) >= 11 is 7.14. The monoisotopic (exact) mass is 222 g/mol. The Morgan fingerprint density at radius 3 is 2.77 bits per heavy atom. The van der Waals surface area contributed by atoms with Crippen LogP contribution in [-0.2, 0) is 9.53 Å². The smallest absolute Gasteiger partial charge is 0.334 e. The lowest BCUT2D eigenvalue weighted by Gasteiger charge is -2.07. The highest BCUT2D eigenvalue weighted by atomic mass is 35.5. The molecule has 0 rings (SSSR count). The molecule has 0 saturated heterocycles. The van der Waals surface area contributed by atoms with E-state index in [-0.39, 0.29) is 5.97 Å². The Hall–Kier alpha value is -0.150. The van der Waals surface area contributed by atoms with Gasteiger partial charge in [-0.1, -0.05) is 17.2 Å². The first-order valence-electron chi connectivity index (χ1n) is 4.14. The molecule has 76 valence electrons. The van der Waals surface area contributed by atoms with Crippen LogP contribution >= 0.6 is 23.4 Å². The van der Waals surface area contributed by atoms with E-state index in [2.05, 4.69) is 6.58 Å². The quantitative estimate of drug-likeness (QED) is 0.393. The fourth-order valence-electron chi connectivity index (χ4n) is 0.612. The molecule has 2 nitrogen and oxygen atoms in total. The first-order valence-corrected chi connectivity index (χ1v) is 5.63. The fraction of sp³-hybridized carbons (Fsp3) is 0.667. The van der Waals surface area contributed by atoms with Crippen molar-refractivity contribution in [1.82, 2.24) is 0 Å². The summed E-state index contributed by atoms with van der Waals surface area (Å²) in [5.74, 6) is 0.457. The van der Waals surface area contributed by atoms with Gasteiger partial charge in [-0.15, -0.1) is 18.3 Å². The van der Waals surface area contributed by atoms with Crippen LogP contribution in [0.3, 0.4) is 0 Å². The molecule has 0 radical (unpaired) electrons. The third kappa shape index (κ3) is 6.96. The van der Waals surface area contributed by atoms with Crippen LogP contribution in [0.4, 0.5) is 0 Å². The van der Waals surface area contributed by atoms with E-state index < -0.39 is 4.71 Å². The van der Waals surface area contributed by atoms with E-state index in [1.165, 1.54) is 11.8 Å². The Morgan fingerprint density at radius 1 is 1.69 bits per heavy atom. The van der Waals surface area contributed by atoms with Gasteiger partial charge in [-0.05, 0) is 26.0 Å². The molecule has 0 fully saturated rings. The van der Waals surface area contributed by atoms with Crippen LogP contribution in [0, 0.1) is 0 Å². The zero-order chi connectivity index (χ0) is 10.3. The molecule has 0 aliphatic rings. The minimum absolute atomic E-state index is 0.351. The summed E-state index contributed by atoms with van der Waals surface area (Å²) in [4.78, 5) is 11.0. The number of carbonyl (C=O) groups is 1. The third-order valence-corrected chi connectivity index (χ3v) is 2.75. The van der Waals surface area contributed by atoms with Crippen molar-refractivity contribution >= 4 is 29.3 Å². The number of esters is 1. The van der Waals surface area contributed by atoms with Crippen molar-refractivity contribution in [1.29, 1.82) is 0 Å². The van der Waals surface area contributed by atoms with E-state index in [4.69, 9.17) is 16.3 Å². The largest absolute Gasteiger partial charge is 0.464 e. The van der Waals surface area contributed by atoms with Crippen LogP contribution in [-0.4, -0.2) is 23.0 Å². The molecular weight excluding hydrogens is 208 g/mol. The van der Waals surface area contributed by atoms with Crippen molar-refractivity contribution < 1.29 is 9.53 Å². The zero-order valence-electron chi connectivity index (χ0n) is 8.01. The maximum absolute atomic E-state index is 11.0. The lowest BCUT2D eigenvalue weighted by atomic mass is 10.3. The predicted octanol–water partition coefficient (Wildman–Crippen LogP) is 2.81. The third-order valence-electron chi connectivity index (χ3n) is 1.26. The van der Waals surface area contributed by atoms with Crippen molar-refractivity contribution in [2.75, 3.05) is 12.4 Å². The molecule has 0 aliphatic carbocycles. The van der Waals surface area contributed by atoms with Crippen LogP contribution < -0.4 is 0 Å². The number of ether oxygens (including phenoxy) is 1. The molecule has 0 amide bonds. The van der Waals surface area contributed by atoms with Gasteiger partial charge >= 0.3 is 5.97 Å². The summed E-state index contributed by atoms with van der Waals surface area (Å²) < 4.78 is 4.16. The van der Waals surface area contributed by atoms with Gasteiger partial charge in [-0.25, -0.2) is 4.79 Å². The van der Waals surface area contributed by atoms with E-state index in [0.717, 1.165) is 17.7 Å². The Morgan fingerprint density at radius 2 is 2.31 bits per heavy atom. The summed E-state index contributed by atoms with van der Waals surface area (Å²) in [5, 5.41) is 0. The minimum atomic E-state index is -0.584. The Kier molecular flexibility index (Phi) is 7.19. The Labute approximate surface area is 88.7 Å². The van der Waals surface area contributed by atoms with Crippen LogP contribution in [0.25, 0.3) is 0 Å². The van der Waals surface area contributed by atoms with E-state index >= 15 is 0 Å². The maximum Gasteiger partial charge on any atom is 0.334 e. The van der Waals surface area contributed by atoms with Gasteiger partial charge in [0.25, 0.3) is 0 Å². The van der Waals surface area contributed by atoms with Crippen molar-refractivity contribution in [2.24, 2.45) is 0 Å². The van der Waals surface area contributed by atoms with Crippen LogP contribution in [0.5, 0.6) is 0 Å². The van der Waals surface area contributed by atoms with Gasteiger partial charge in [0.2, 0.25) is 0 Å². The average Bonchev–Trinajstić information content (AvgIpc) is 2.04. The summed E-state index contributed by atoms with van der Waals surface area (Å²) in [7, 11) is 0. The Bertz CT molecular complexity index is 182. The summed E-state index contributed by atoms with van der Waals surface area (Å²) in [6.07, 6.45) is 0.882. The summed E-state index contributed by atoms with van der Waals surface area (Å²) in [5.41, 5.74) is 1.10. The number of hydrogen-bond donors (Lipinski definition) is 0. The van der Waals surface area contributed by atoms with Gasteiger partial charge < -0.3 is 4.74 Å². The van der Waals surface area contributed by atoms with Crippen molar-refractivity contribution in [2.45, 2.75) is 25.0 Å². The molecule has 4 heteroatoms. The normalized spacial score (nSPS) is 12.2. The summed E-state index contributed by atoms with van der Waals surface area (Å²) in [6, 6.07) is 0. The molecule has 0 aromatic rings. The highest BCUT2D eigenvalue weighted by Crippen LogP contribution is 2.19. The second-order valence-corrected chi connectivity index (χ2v) is 4.55. The molecule has 0 bridgehead atoms. The predicted molar refractivity (Wildman–Crippen MR) is 58.2 cm³/mol. The van der Waals surface area contributed by atoms with Gasteiger partial charge in [-0.2, -0.15) is 0 Å². The zero-order valence-corrected chi connectivity index (χ0v) is 9.58. The highest BCUT2D eigenvalue weighted by Gasteiger charge is 2.15. The van der Waals surface area contributed by atoms with E-state index in [0.29, 0.717) is 6.61 Å². The number of thioether (sulfide) groups is 1. The number of rotatable bonds is 6. The average molecular weight is 223 g/mol. The van der Waals surface area contributed by atoms with E-state index in [1.807, 2.05) is 6.92 Å². The van der Waals surface area contributed by atoms with Crippen LogP contribution in [0.1, 0.15) is 20.3 Å². The number of halogens is 1. The number of carbonyl (C=O) groups excluding carboxylic acids is 1. The molecule has 0 saturated carbocycles. The van der Waals surface area contributed by atoms with Crippen molar-refractivity contribution in [3.05, 3.63) is 12.2 Å². The molecule has 0 aromatic heterocycles. The van der Waals surface area contributed by atoms with Crippen LogP contribution in [0.2, 0.25) is 0 Å². The van der Waals surface area contributed by atoms with Crippen LogP contribution in [0.15, 0.2) is 12.2 Å². The SMILES string of the molecule is C=C(C)CCSC(Cl)C(=O)OCC. The standard InChI is InChI=1S/C9H15ClO2S/c1-4-12-9(11)8(10)13-6-5-7(2)3/h8H,2,4-6H2,1,3H3. The topological polar surface area (TPSA) is 26.3 Å². The van der Waals surface area contributed by atoms with Gasteiger partial charge in [0.05, 0.1) is 6.61 Å². The maximum atomic E-state index is 11.0. The number of hydrogen-bond acceptors (Lipinski definition) is 3. The molecule has 0 spiro atoms. The fourth-order valence-corrected chi connectivity index (χ4v) is 1.82. The summed E-state index contributed by atoms with van der Waals surface area (Å²) in [6.45, 7) is 7.86. The number of allylic oxidation sites excluding steroid dienone is 1. The van der Waals surface area contributed by atoms with Gasteiger partial charge in [0.15, 0.2) is 4.71 Å². The van der Waals surface area contributed by atoms with Gasteiger partial charge in [-0.3, -0.25) is 0 Å². The lowest BCUT2D eigenvalue weighted by molar-refractivity contribution is -0.140. The minimum Gasteiger partial charge on any atom is -0.464 e. The van der Waals surface area contributed by atoms with E-state index in [9.17, 15) is 4.79 Å².